The summed E-state index contributed by atoms with van der Waals surface area (Å²) in [6, 6.07) is 8.15. The molecule has 0 spiro atoms. The van der Waals surface area contributed by atoms with E-state index in [1.807, 2.05) is 0 Å². The van der Waals surface area contributed by atoms with Crippen LogP contribution in [0.25, 0.3) is 0 Å². The lowest BCUT2D eigenvalue weighted by atomic mass is 10.1. The van der Waals surface area contributed by atoms with E-state index < -0.39 is 5.91 Å². The van der Waals surface area contributed by atoms with Crippen molar-refractivity contribution in [3.8, 4) is 0 Å². The van der Waals surface area contributed by atoms with Crippen LogP contribution in [0.1, 0.15) is 15.9 Å². The van der Waals surface area contributed by atoms with Crippen molar-refractivity contribution in [3.05, 3.63) is 64.1 Å². The van der Waals surface area contributed by atoms with Crippen molar-refractivity contribution >= 4 is 11.6 Å². The maximum absolute atomic E-state index is 11.9. The van der Waals surface area contributed by atoms with Crippen molar-refractivity contribution < 1.29 is 9.90 Å². The Kier molecular flexibility index (Phi) is 3.54. The van der Waals surface area contributed by atoms with Crippen molar-refractivity contribution in [2.24, 2.45) is 0 Å². The lowest BCUT2D eigenvalue weighted by Gasteiger charge is -2.08. The quantitative estimate of drug-likeness (QED) is 0.756. The van der Waals surface area contributed by atoms with Crippen LogP contribution in [0.5, 0.6) is 0 Å². The second-order valence-electron chi connectivity index (χ2n) is 3.69. The Balaban J connectivity index is 2.27. The van der Waals surface area contributed by atoms with Gasteiger partial charge < -0.3 is 15.4 Å². The van der Waals surface area contributed by atoms with Crippen molar-refractivity contribution in [2.45, 2.75) is 6.61 Å². The molecule has 0 radical (unpaired) electrons. The third-order valence-electron chi connectivity index (χ3n) is 2.50. The molecule has 3 N–H and O–H groups in total. The fourth-order valence-electron chi connectivity index (χ4n) is 1.56. The lowest BCUT2D eigenvalue weighted by molar-refractivity contribution is 0.102. The van der Waals surface area contributed by atoms with Crippen LogP contribution in [0.15, 0.2) is 47.5 Å². The average Bonchev–Trinajstić information content (AvgIpc) is 2.39. The Hall–Kier alpha value is -2.40. The van der Waals surface area contributed by atoms with Crippen LogP contribution in [0.3, 0.4) is 0 Å². The second-order valence-corrected chi connectivity index (χ2v) is 3.69. The highest BCUT2D eigenvalue weighted by Gasteiger charge is 2.11. The van der Waals surface area contributed by atoms with Crippen LogP contribution < -0.4 is 10.7 Å². The minimum atomic E-state index is -0.502. The first kappa shape index (κ1) is 12.1. The summed E-state index contributed by atoms with van der Waals surface area (Å²) in [5.74, 6) is -0.502. The van der Waals surface area contributed by atoms with Gasteiger partial charge in [0.1, 0.15) is 5.56 Å². The van der Waals surface area contributed by atoms with E-state index in [0.717, 1.165) is 0 Å². The van der Waals surface area contributed by atoms with Crippen molar-refractivity contribution in [1.82, 2.24) is 4.98 Å². The third-order valence-corrected chi connectivity index (χ3v) is 2.50. The minimum absolute atomic E-state index is 0.0326. The predicted molar refractivity (Wildman–Crippen MR) is 67.4 cm³/mol. The number of carbonyl (C=O) groups excluding carboxylic acids is 1. The monoisotopic (exact) mass is 244 g/mol. The van der Waals surface area contributed by atoms with E-state index in [0.29, 0.717) is 11.3 Å². The molecular weight excluding hydrogens is 232 g/mol. The summed E-state index contributed by atoms with van der Waals surface area (Å²) in [6.45, 7) is -0.179. The van der Waals surface area contributed by atoms with E-state index in [9.17, 15) is 9.59 Å². The molecule has 0 fully saturated rings. The van der Waals surface area contributed by atoms with Crippen LogP contribution in [0.4, 0.5) is 5.69 Å². The molecule has 1 aromatic heterocycles. The summed E-state index contributed by atoms with van der Waals surface area (Å²) in [4.78, 5) is 26.1. The number of aliphatic hydroxyl groups excluding tert-OH is 1. The van der Waals surface area contributed by atoms with Crippen LogP contribution in [0, 0.1) is 0 Å². The number of carbonyl (C=O) groups is 1. The van der Waals surface area contributed by atoms with Gasteiger partial charge >= 0.3 is 0 Å². The molecule has 0 unspecified atom stereocenters. The highest BCUT2D eigenvalue weighted by Crippen LogP contribution is 2.15. The van der Waals surface area contributed by atoms with E-state index in [1.54, 1.807) is 24.3 Å². The zero-order valence-corrected chi connectivity index (χ0v) is 9.51. The molecule has 0 bridgehead atoms. The zero-order valence-electron chi connectivity index (χ0n) is 9.51. The van der Waals surface area contributed by atoms with E-state index in [4.69, 9.17) is 5.11 Å². The van der Waals surface area contributed by atoms with Gasteiger partial charge in [-0.25, -0.2) is 0 Å². The van der Waals surface area contributed by atoms with Gasteiger partial charge in [0.15, 0.2) is 5.43 Å². The molecule has 5 nitrogen and oxygen atoms in total. The number of anilines is 1. The normalized spacial score (nSPS) is 10.1. The number of nitrogens with one attached hydrogen (secondary N) is 2. The Morgan fingerprint density at radius 1 is 1.28 bits per heavy atom. The number of aromatic nitrogens is 1. The van der Waals surface area contributed by atoms with Gasteiger partial charge in [-0.2, -0.15) is 0 Å². The first-order chi connectivity index (χ1) is 8.72. The number of rotatable bonds is 3. The van der Waals surface area contributed by atoms with E-state index in [-0.39, 0.29) is 17.6 Å². The fourth-order valence-corrected chi connectivity index (χ4v) is 1.56. The predicted octanol–water partition coefficient (Wildman–Crippen LogP) is 1.12. The number of H-pyrrole nitrogens is 1. The summed E-state index contributed by atoms with van der Waals surface area (Å²) in [7, 11) is 0. The number of amides is 1. The number of benzene rings is 1. The largest absolute Gasteiger partial charge is 0.392 e. The SMILES string of the molecule is O=C(Nc1ccccc1CO)c1c[nH]ccc1=O. The number of para-hydroxylation sites is 1. The zero-order chi connectivity index (χ0) is 13.0. The molecule has 2 rings (SSSR count). The first-order valence-corrected chi connectivity index (χ1v) is 5.39. The molecule has 0 saturated carbocycles. The van der Waals surface area contributed by atoms with Gasteiger partial charge in [-0.1, -0.05) is 18.2 Å². The van der Waals surface area contributed by atoms with Gasteiger partial charge in [-0.15, -0.1) is 0 Å². The van der Waals surface area contributed by atoms with Crippen LogP contribution in [0.2, 0.25) is 0 Å². The van der Waals surface area contributed by atoms with Gasteiger partial charge in [0.2, 0.25) is 0 Å². The average molecular weight is 244 g/mol. The van der Waals surface area contributed by atoms with E-state index in [2.05, 4.69) is 10.3 Å². The molecule has 5 heteroatoms. The number of hydrogen-bond acceptors (Lipinski definition) is 3. The Morgan fingerprint density at radius 3 is 2.78 bits per heavy atom. The topological polar surface area (TPSA) is 82.2 Å². The molecule has 0 aliphatic rings. The lowest BCUT2D eigenvalue weighted by Crippen LogP contribution is -2.21. The molecular formula is C13H12N2O3. The van der Waals surface area contributed by atoms with E-state index >= 15 is 0 Å². The summed E-state index contributed by atoms with van der Waals surface area (Å²) < 4.78 is 0. The van der Waals surface area contributed by atoms with Crippen molar-refractivity contribution in [1.29, 1.82) is 0 Å². The highest BCUT2D eigenvalue weighted by molar-refractivity contribution is 6.04. The van der Waals surface area contributed by atoms with Crippen molar-refractivity contribution in [2.75, 3.05) is 5.32 Å². The first-order valence-electron chi connectivity index (χ1n) is 5.39. The summed E-state index contributed by atoms with van der Waals surface area (Å²) in [5, 5.41) is 11.7. The number of aromatic amines is 1. The third kappa shape index (κ3) is 2.46. The summed E-state index contributed by atoms with van der Waals surface area (Å²) in [6.07, 6.45) is 2.81. The van der Waals surface area contributed by atoms with Gasteiger partial charge in [0.05, 0.1) is 6.61 Å². The molecule has 92 valence electrons. The molecule has 0 saturated heterocycles. The molecule has 18 heavy (non-hydrogen) atoms. The number of pyridine rings is 1. The molecule has 1 heterocycles. The molecule has 0 aliphatic carbocycles. The maximum Gasteiger partial charge on any atom is 0.261 e. The summed E-state index contributed by atoms with van der Waals surface area (Å²) >= 11 is 0. The molecule has 0 aliphatic heterocycles. The molecule has 0 atom stereocenters. The van der Waals surface area contributed by atoms with Crippen molar-refractivity contribution in [3.63, 3.8) is 0 Å². The van der Waals surface area contributed by atoms with Gasteiger partial charge in [0, 0.05) is 29.7 Å². The smallest absolute Gasteiger partial charge is 0.261 e. The van der Waals surface area contributed by atoms with Crippen LogP contribution in [-0.2, 0) is 6.61 Å². The van der Waals surface area contributed by atoms with Crippen LogP contribution in [-0.4, -0.2) is 16.0 Å². The highest BCUT2D eigenvalue weighted by atomic mass is 16.3. The second kappa shape index (κ2) is 5.29. The van der Waals surface area contributed by atoms with Gasteiger partial charge in [-0.05, 0) is 6.07 Å². The summed E-state index contributed by atoms with van der Waals surface area (Å²) in [5.41, 5.74) is 0.768. The molecule has 2 aromatic rings. The fraction of sp³-hybridized carbons (Fsp3) is 0.0769. The Morgan fingerprint density at radius 2 is 2.06 bits per heavy atom. The standard InChI is InChI=1S/C13H12N2O3/c16-8-9-3-1-2-4-11(9)15-13(18)10-7-14-6-5-12(10)17/h1-7,16H,8H2,(H,14,17)(H,15,18). The minimum Gasteiger partial charge on any atom is -0.392 e. The van der Waals surface area contributed by atoms with Gasteiger partial charge in [0.25, 0.3) is 5.91 Å². The van der Waals surface area contributed by atoms with Crippen LogP contribution >= 0.6 is 0 Å². The van der Waals surface area contributed by atoms with Gasteiger partial charge in [-0.3, -0.25) is 9.59 Å². The Bertz CT molecular complexity index is 619. The molecule has 1 aromatic carbocycles. The van der Waals surface area contributed by atoms with E-state index in [1.165, 1.54) is 18.5 Å². The number of hydrogen-bond donors (Lipinski definition) is 3. The Labute approximate surface area is 103 Å². The number of aliphatic hydroxyl groups is 1. The maximum atomic E-state index is 11.9. The molecule has 1 amide bonds.